The number of rotatable bonds is 6. The summed E-state index contributed by atoms with van der Waals surface area (Å²) >= 11 is 11.8. The van der Waals surface area contributed by atoms with Crippen LogP contribution in [0.1, 0.15) is 12.8 Å². The number of hydroxylamine groups is 2. The summed E-state index contributed by atoms with van der Waals surface area (Å²) in [4.78, 5) is 21.0. The minimum Gasteiger partial charge on any atom is -0.493 e. The van der Waals surface area contributed by atoms with E-state index in [4.69, 9.17) is 37.5 Å². The number of amides is 1. The third-order valence-electron chi connectivity index (χ3n) is 3.43. The first kappa shape index (κ1) is 17.8. The highest BCUT2D eigenvalue weighted by molar-refractivity contribution is 6.35. The molecule has 0 radical (unpaired) electrons. The van der Waals surface area contributed by atoms with Crippen LogP contribution in [0.5, 0.6) is 17.4 Å². The minimum atomic E-state index is -0.0686. The molecule has 1 aliphatic heterocycles. The molecule has 25 heavy (non-hydrogen) atoms. The molecule has 0 atom stereocenters. The van der Waals surface area contributed by atoms with Gasteiger partial charge in [0.05, 0.1) is 31.2 Å². The Hall–Kier alpha value is -2.02. The molecule has 0 unspecified atom stereocenters. The third kappa shape index (κ3) is 4.98. The van der Waals surface area contributed by atoms with E-state index < -0.39 is 0 Å². The number of ether oxygens (including phenoxy) is 2. The lowest BCUT2D eigenvalue weighted by Gasteiger charge is -2.14. The van der Waals surface area contributed by atoms with Gasteiger partial charge in [-0.05, 0) is 36.8 Å². The van der Waals surface area contributed by atoms with Gasteiger partial charge in [0.25, 0.3) is 0 Å². The lowest BCUT2D eigenvalue weighted by atomic mass is 10.3. The molecule has 2 heterocycles. The van der Waals surface area contributed by atoms with Crippen molar-refractivity contribution in [3.8, 4) is 17.4 Å². The van der Waals surface area contributed by atoms with Crippen molar-refractivity contribution < 1.29 is 19.1 Å². The molecule has 0 bridgehead atoms. The Morgan fingerprint density at radius 1 is 1.24 bits per heavy atom. The molecule has 1 aromatic carbocycles. The number of nitrogens with zero attached hydrogens (tertiary/aromatic N) is 2. The van der Waals surface area contributed by atoms with Crippen molar-refractivity contribution >= 4 is 29.1 Å². The van der Waals surface area contributed by atoms with Crippen molar-refractivity contribution in [2.45, 2.75) is 12.8 Å². The van der Waals surface area contributed by atoms with Crippen LogP contribution < -0.4 is 9.47 Å². The van der Waals surface area contributed by atoms with Crippen LogP contribution >= 0.6 is 23.2 Å². The number of carbonyl (C=O) groups excluding carboxylic acids is 1. The number of pyridine rings is 1. The van der Waals surface area contributed by atoms with Gasteiger partial charge in [0.2, 0.25) is 11.8 Å². The molecule has 6 nitrogen and oxygen atoms in total. The molecule has 2 aromatic rings. The van der Waals surface area contributed by atoms with Crippen molar-refractivity contribution in [2.24, 2.45) is 0 Å². The third-order valence-corrected chi connectivity index (χ3v) is 3.91. The summed E-state index contributed by atoms with van der Waals surface area (Å²) in [5, 5.41) is 2.16. The zero-order valence-corrected chi connectivity index (χ0v) is 14.8. The quantitative estimate of drug-likeness (QED) is 0.751. The Morgan fingerprint density at radius 3 is 2.68 bits per heavy atom. The van der Waals surface area contributed by atoms with Gasteiger partial charge in [0.1, 0.15) is 16.5 Å². The number of halogens is 2. The van der Waals surface area contributed by atoms with E-state index in [-0.39, 0.29) is 24.8 Å². The second-order valence-electron chi connectivity index (χ2n) is 5.30. The number of aromatic nitrogens is 1. The van der Waals surface area contributed by atoms with E-state index in [1.54, 1.807) is 30.3 Å². The number of benzene rings is 1. The molecule has 0 N–H and O–H groups in total. The van der Waals surface area contributed by atoms with Crippen molar-refractivity contribution in [2.75, 3.05) is 19.8 Å². The summed E-state index contributed by atoms with van der Waals surface area (Å²) in [7, 11) is 0. The summed E-state index contributed by atoms with van der Waals surface area (Å²) in [6.07, 6.45) is 2.60. The normalized spacial score (nSPS) is 13.8. The lowest BCUT2D eigenvalue weighted by Crippen LogP contribution is -2.27. The maximum Gasteiger partial charge on any atom is 0.249 e. The predicted molar refractivity (Wildman–Crippen MR) is 93.2 cm³/mol. The summed E-state index contributed by atoms with van der Waals surface area (Å²) < 4.78 is 11.2. The highest BCUT2D eigenvalue weighted by atomic mass is 35.5. The topological polar surface area (TPSA) is 60.9 Å². The molecule has 1 saturated heterocycles. The maximum atomic E-state index is 11.8. The van der Waals surface area contributed by atoms with E-state index in [0.29, 0.717) is 34.7 Å². The SMILES string of the molecule is O=C(CCOc1ccc(Oc2ncc(Cl)cc2Cl)cc1)N1CCCO1. The maximum absolute atomic E-state index is 11.8. The molecule has 0 spiro atoms. The van der Waals surface area contributed by atoms with Gasteiger partial charge in [-0.15, -0.1) is 0 Å². The average Bonchev–Trinajstić information content (AvgIpc) is 3.13. The minimum absolute atomic E-state index is 0.0686. The van der Waals surface area contributed by atoms with Gasteiger partial charge in [-0.25, -0.2) is 10.0 Å². The summed E-state index contributed by atoms with van der Waals surface area (Å²) in [5.41, 5.74) is 0. The highest BCUT2D eigenvalue weighted by Gasteiger charge is 2.18. The first-order valence-electron chi connectivity index (χ1n) is 7.77. The van der Waals surface area contributed by atoms with Crippen LogP contribution in [0.15, 0.2) is 36.5 Å². The Labute approximate surface area is 155 Å². The van der Waals surface area contributed by atoms with Gasteiger partial charge >= 0.3 is 0 Å². The zero-order chi connectivity index (χ0) is 17.6. The van der Waals surface area contributed by atoms with Crippen LogP contribution in [-0.4, -0.2) is 35.7 Å². The smallest absolute Gasteiger partial charge is 0.249 e. The summed E-state index contributed by atoms with van der Waals surface area (Å²) in [6, 6.07) is 8.51. The van der Waals surface area contributed by atoms with Crippen molar-refractivity contribution in [3.63, 3.8) is 0 Å². The number of hydrogen-bond acceptors (Lipinski definition) is 5. The summed E-state index contributed by atoms with van der Waals surface area (Å²) in [5.74, 6) is 1.40. The van der Waals surface area contributed by atoms with Crippen LogP contribution in [0, 0.1) is 0 Å². The van der Waals surface area contributed by atoms with Crippen LogP contribution in [0.3, 0.4) is 0 Å². The van der Waals surface area contributed by atoms with Crippen LogP contribution in [-0.2, 0) is 9.63 Å². The van der Waals surface area contributed by atoms with E-state index in [1.807, 2.05) is 0 Å². The van der Waals surface area contributed by atoms with E-state index in [9.17, 15) is 4.79 Å². The zero-order valence-electron chi connectivity index (χ0n) is 13.3. The molecule has 1 aromatic heterocycles. The van der Waals surface area contributed by atoms with Crippen molar-refractivity contribution in [1.29, 1.82) is 0 Å². The van der Waals surface area contributed by atoms with Crippen LogP contribution in [0.2, 0.25) is 10.0 Å². The Morgan fingerprint density at radius 2 is 2.00 bits per heavy atom. The number of hydrogen-bond donors (Lipinski definition) is 0. The molecular formula is C17H16Cl2N2O4. The number of carbonyl (C=O) groups is 1. The van der Waals surface area contributed by atoms with Gasteiger partial charge in [-0.2, -0.15) is 0 Å². The van der Waals surface area contributed by atoms with Gasteiger partial charge in [0.15, 0.2) is 0 Å². The first-order chi connectivity index (χ1) is 12.1. The lowest BCUT2D eigenvalue weighted by molar-refractivity contribution is -0.169. The molecule has 132 valence electrons. The van der Waals surface area contributed by atoms with Crippen molar-refractivity contribution in [3.05, 3.63) is 46.6 Å². The fourth-order valence-corrected chi connectivity index (χ4v) is 2.64. The van der Waals surface area contributed by atoms with Crippen LogP contribution in [0.4, 0.5) is 0 Å². The Kier molecular flexibility index (Phi) is 5.96. The molecule has 0 saturated carbocycles. The van der Waals surface area contributed by atoms with Gasteiger partial charge in [-0.3, -0.25) is 9.63 Å². The van der Waals surface area contributed by atoms with Crippen molar-refractivity contribution in [1.82, 2.24) is 10.0 Å². The molecule has 1 aliphatic rings. The predicted octanol–water partition coefficient (Wildman–Crippen LogP) is 4.11. The van der Waals surface area contributed by atoms with Crippen LogP contribution in [0.25, 0.3) is 0 Å². The monoisotopic (exact) mass is 382 g/mol. The summed E-state index contributed by atoms with van der Waals surface area (Å²) in [6.45, 7) is 1.52. The van der Waals surface area contributed by atoms with Gasteiger partial charge in [0, 0.05) is 6.20 Å². The molecule has 3 rings (SSSR count). The fourth-order valence-electron chi connectivity index (χ4n) is 2.22. The molecule has 1 fully saturated rings. The van der Waals surface area contributed by atoms with E-state index in [2.05, 4.69) is 4.98 Å². The van der Waals surface area contributed by atoms with E-state index in [1.165, 1.54) is 11.3 Å². The standard InChI is InChI=1S/C17H16Cl2N2O4/c18-12-10-15(19)17(20-11-12)25-14-4-2-13(3-5-14)23-9-6-16(22)21-7-1-8-24-21/h2-5,10-11H,1,6-9H2. The first-order valence-corrected chi connectivity index (χ1v) is 8.52. The highest BCUT2D eigenvalue weighted by Crippen LogP contribution is 2.29. The van der Waals surface area contributed by atoms with Gasteiger partial charge < -0.3 is 9.47 Å². The molecule has 1 amide bonds. The Bertz CT molecular complexity index is 734. The van der Waals surface area contributed by atoms with E-state index in [0.717, 1.165) is 6.42 Å². The second-order valence-corrected chi connectivity index (χ2v) is 6.14. The average molecular weight is 383 g/mol. The second kappa shape index (κ2) is 8.38. The molecule has 0 aliphatic carbocycles. The van der Waals surface area contributed by atoms with Gasteiger partial charge in [-0.1, -0.05) is 23.2 Å². The fraction of sp³-hybridized carbons (Fsp3) is 0.294. The molecular weight excluding hydrogens is 367 g/mol. The Balaban J connectivity index is 1.49. The largest absolute Gasteiger partial charge is 0.493 e. The van der Waals surface area contributed by atoms with E-state index >= 15 is 0 Å². The molecule has 8 heteroatoms.